The molecule has 4 unspecified atom stereocenters. The van der Waals surface area contributed by atoms with Crippen molar-refractivity contribution < 1.29 is 14.9 Å². The zero-order valence-corrected chi connectivity index (χ0v) is 15.9. The van der Waals surface area contributed by atoms with Crippen LogP contribution in [0.25, 0.3) is 22.2 Å². The van der Waals surface area contributed by atoms with Gasteiger partial charge in [0, 0.05) is 17.3 Å². The zero-order chi connectivity index (χ0) is 20.0. The Bertz CT molecular complexity index is 1160. The fourth-order valence-corrected chi connectivity index (χ4v) is 4.39. The van der Waals surface area contributed by atoms with Crippen LogP contribution in [-0.2, 0) is 10.6 Å². The molecule has 0 aromatic carbocycles. The first-order valence-corrected chi connectivity index (χ1v) is 10.1. The second-order valence-corrected chi connectivity index (χ2v) is 7.69. The van der Waals surface area contributed by atoms with E-state index in [1.807, 2.05) is 12.1 Å². The maximum atomic E-state index is 10.5. The fourth-order valence-electron chi connectivity index (χ4n) is 3.42. The predicted molar refractivity (Wildman–Crippen MR) is 106 cm³/mol. The van der Waals surface area contributed by atoms with Gasteiger partial charge in [0.1, 0.15) is 24.1 Å². The van der Waals surface area contributed by atoms with Gasteiger partial charge in [0.15, 0.2) is 23.3 Å². The summed E-state index contributed by atoms with van der Waals surface area (Å²) in [5.74, 6) is 1.26. The number of nitrogens with zero attached hydrogens (tertiary/aromatic N) is 7. The lowest BCUT2D eigenvalue weighted by atomic mass is 10.1. The van der Waals surface area contributed by atoms with E-state index in [9.17, 15) is 10.2 Å². The number of thioether (sulfide) groups is 1. The van der Waals surface area contributed by atoms with Crippen LogP contribution in [0.5, 0.6) is 0 Å². The van der Waals surface area contributed by atoms with Gasteiger partial charge in [0.05, 0.1) is 24.5 Å². The number of pyridine rings is 1. The Hall–Kier alpha value is -2.80. The average molecular weight is 414 g/mol. The summed E-state index contributed by atoms with van der Waals surface area (Å²) in [5.41, 5.74) is 7.48. The molecule has 1 aliphatic rings. The second-order valence-electron chi connectivity index (χ2n) is 6.69. The molecule has 12 heteroatoms. The third-order valence-electron chi connectivity index (χ3n) is 4.89. The summed E-state index contributed by atoms with van der Waals surface area (Å²) < 4.78 is 9.30. The summed E-state index contributed by atoms with van der Waals surface area (Å²) in [6.45, 7) is 0. The highest BCUT2D eigenvalue weighted by atomic mass is 32.2. The Morgan fingerprint density at radius 2 is 2.03 bits per heavy atom. The molecule has 4 N–H and O–H groups in total. The molecule has 1 fully saturated rings. The number of aromatic nitrogens is 7. The fraction of sp³-hybridized carbons (Fsp3) is 0.353. The monoisotopic (exact) mass is 414 g/mol. The van der Waals surface area contributed by atoms with Crippen molar-refractivity contribution in [3.8, 4) is 0 Å². The van der Waals surface area contributed by atoms with Crippen LogP contribution in [0.15, 0.2) is 37.2 Å². The summed E-state index contributed by atoms with van der Waals surface area (Å²) >= 11 is 1.53. The topological polar surface area (TPSA) is 150 Å². The number of aliphatic hydroxyl groups is 2. The number of hydrogen-bond donors (Lipinski definition) is 3. The highest BCUT2D eigenvalue weighted by Crippen LogP contribution is 2.33. The van der Waals surface area contributed by atoms with E-state index in [2.05, 4.69) is 25.0 Å². The molecular weight excluding hydrogens is 396 g/mol. The lowest BCUT2D eigenvalue weighted by Gasteiger charge is -2.16. The molecule has 0 saturated carbocycles. The van der Waals surface area contributed by atoms with Gasteiger partial charge in [-0.25, -0.2) is 24.6 Å². The molecule has 11 nitrogen and oxygen atoms in total. The number of rotatable bonds is 5. The van der Waals surface area contributed by atoms with E-state index < -0.39 is 24.5 Å². The zero-order valence-electron chi connectivity index (χ0n) is 15.1. The van der Waals surface area contributed by atoms with Crippen LogP contribution < -0.4 is 5.73 Å². The minimum atomic E-state index is -1.12. The number of imidazole rings is 1. The molecule has 4 aromatic rings. The third-order valence-corrected chi connectivity index (χ3v) is 5.88. The molecule has 29 heavy (non-hydrogen) atoms. The van der Waals surface area contributed by atoms with Crippen molar-refractivity contribution in [2.45, 2.75) is 30.4 Å². The lowest BCUT2D eigenvalue weighted by molar-refractivity contribution is -0.0289. The first-order valence-electron chi connectivity index (χ1n) is 8.92. The van der Waals surface area contributed by atoms with Crippen molar-refractivity contribution in [1.82, 2.24) is 34.3 Å². The minimum absolute atomic E-state index is 0.244. The van der Waals surface area contributed by atoms with Crippen LogP contribution in [-0.4, -0.2) is 68.6 Å². The van der Waals surface area contributed by atoms with Gasteiger partial charge in [-0.2, -0.15) is 5.10 Å². The molecular formula is C17H18N8O3S. The highest BCUT2D eigenvalue weighted by molar-refractivity contribution is 7.98. The molecule has 5 heterocycles. The summed E-state index contributed by atoms with van der Waals surface area (Å²) in [6, 6.07) is 3.82. The minimum Gasteiger partial charge on any atom is -0.387 e. The molecule has 4 aromatic heterocycles. The second kappa shape index (κ2) is 7.22. The Kier molecular flexibility index (Phi) is 4.54. The first kappa shape index (κ1) is 18.2. The van der Waals surface area contributed by atoms with E-state index in [4.69, 9.17) is 10.5 Å². The normalized spacial score (nSPS) is 24.6. The number of aliphatic hydroxyl groups excluding tert-OH is 2. The van der Waals surface area contributed by atoms with Gasteiger partial charge in [0.25, 0.3) is 0 Å². The van der Waals surface area contributed by atoms with Crippen LogP contribution in [0.2, 0.25) is 0 Å². The van der Waals surface area contributed by atoms with Gasteiger partial charge < -0.3 is 20.7 Å². The standard InChI is InChI=1S/C17H18N8O3S/c18-14-11-16(21-6-20-14)24(7-22-11)17-13(27)12(26)10(28-17)5-29-8-25-15-9(4-23-25)2-1-3-19-15/h1-4,6-7,10,12-13,17,26-27H,5,8H2,(H2,18,20,21). The van der Waals surface area contributed by atoms with Crippen molar-refractivity contribution in [3.63, 3.8) is 0 Å². The van der Waals surface area contributed by atoms with Gasteiger partial charge in [-0.1, -0.05) is 0 Å². The molecule has 0 bridgehead atoms. The van der Waals surface area contributed by atoms with Crippen LogP contribution in [0.3, 0.4) is 0 Å². The van der Waals surface area contributed by atoms with Crippen LogP contribution in [0.1, 0.15) is 6.23 Å². The quantitative estimate of drug-likeness (QED) is 0.412. The smallest absolute Gasteiger partial charge is 0.167 e. The summed E-state index contributed by atoms with van der Waals surface area (Å²) in [6.07, 6.45) is 2.74. The van der Waals surface area contributed by atoms with Crippen LogP contribution >= 0.6 is 11.8 Å². The van der Waals surface area contributed by atoms with E-state index in [1.54, 1.807) is 21.6 Å². The number of nitrogen functional groups attached to an aromatic ring is 1. The third kappa shape index (κ3) is 3.09. The summed E-state index contributed by atoms with van der Waals surface area (Å²) in [5, 5.41) is 26.3. The van der Waals surface area contributed by atoms with E-state index in [0.29, 0.717) is 22.8 Å². The van der Waals surface area contributed by atoms with Crippen LogP contribution in [0, 0.1) is 0 Å². The van der Waals surface area contributed by atoms with Crippen LogP contribution in [0.4, 0.5) is 5.82 Å². The van der Waals surface area contributed by atoms with Gasteiger partial charge in [-0.15, -0.1) is 11.8 Å². The maximum absolute atomic E-state index is 10.5. The van der Waals surface area contributed by atoms with Gasteiger partial charge >= 0.3 is 0 Å². The van der Waals surface area contributed by atoms with Crippen molar-refractivity contribution in [3.05, 3.63) is 37.2 Å². The molecule has 0 amide bonds. The Balaban J connectivity index is 1.29. The van der Waals surface area contributed by atoms with E-state index in [-0.39, 0.29) is 5.82 Å². The molecule has 1 saturated heterocycles. The first-order chi connectivity index (χ1) is 14.1. The molecule has 4 atom stereocenters. The molecule has 150 valence electrons. The van der Waals surface area contributed by atoms with Gasteiger partial charge in [-0.3, -0.25) is 4.57 Å². The SMILES string of the molecule is Nc1ncnc2c1ncn2C1OC(CSCn2ncc3cccnc32)C(O)C1O. The van der Waals surface area contributed by atoms with Gasteiger partial charge in [0.2, 0.25) is 0 Å². The van der Waals surface area contributed by atoms with E-state index in [1.165, 1.54) is 24.4 Å². The van der Waals surface area contributed by atoms with Crippen molar-refractivity contribution in [2.75, 3.05) is 11.5 Å². The Morgan fingerprint density at radius 1 is 1.14 bits per heavy atom. The molecule has 0 aliphatic carbocycles. The number of ether oxygens (including phenoxy) is 1. The summed E-state index contributed by atoms with van der Waals surface area (Å²) in [4.78, 5) is 16.6. The molecule has 0 spiro atoms. The maximum Gasteiger partial charge on any atom is 0.167 e. The number of fused-ring (bicyclic) bond motifs is 2. The van der Waals surface area contributed by atoms with E-state index >= 15 is 0 Å². The predicted octanol–water partition coefficient (Wildman–Crippen LogP) is 0.163. The van der Waals surface area contributed by atoms with Crippen molar-refractivity contribution in [1.29, 1.82) is 0 Å². The average Bonchev–Trinajstić information content (AvgIpc) is 3.41. The number of nitrogens with two attached hydrogens (primary N) is 1. The Labute approximate surface area is 168 Å². The summed E-state index contributed by atoms with van der Waals surface area (Å²) in [7, 11) is 0. The highest BCUT2D eigenvalue weighted by Gasteiger charge is 2.44. The largest absolute Gasteiger partial charge is 0.387 e. The van der Waals surface area contributed by atoms with E-state index in [0.717, 1.165) is 11.0 Å². The van der Waals surface area contributed by atoms with Crippen molar-refractivity contribution >= 4 is 39.8 Å². The number of hydrogen-bond acceptors (Lipinski definition) is 10. The Morgan fingerprint density at radius 3 is 2.93 bits per heavy atom. The molecule has 5 rings (SSSR count). The lowest BCUT2D eigenvalue weighted by Crippen LogP contribution is -2.32. The number of anilines is 1. The van der Waals surface area contributed by atoms with Gasteiger partial charge in [-0.05, 0) is 12.1 Å². The van der Waals surface area contributed by atoms with Crippen molar-refractivity contribution in [2.24, 2.45) is 0 Å². The molecule has 0 radical (unpaired) electrons. The molecule has 1 aliphatic heterocycles.